The van der Waals surface area contributed by atoms with Gasteiger partial charge in [0.2, 0.25) is 15.9 Å². The van der Waals surface area contributed by atoms with Gasteiger partial charge in [0, 0.05) is 44.0 Å². The van der Waals surface area contributed by atoms with Crippen LogP contribution in [-0.2, 0) is 14.8 Å². The van der Waals surface area contributed by atoms with Gasteiger partial charge in [0.1, 0.15) is 0 Å². The molecule has 0 spiro atoms. The van der Waals surface area contributed by atoms with E-state index in [1.54, 1.807) is 4.31 Å². The van der Waals surface area contributed by atoms with E-state index >= 15 is 0 Å². The van der Waals surface area contributed by atoms with Crippen LogP contribution in [0.15, 0.2) is 24.3 Å². The lowest BCUT2D eigenvalue weighted by Gasteiger charge is -2.35. The molecule has 1 fully saturated rings. The number of benzene rings is 1. The van der Waals surface area contributed by atoms with Crippen molar-refractivity contribution in [1.29, 1.82) is 0 Å². The van der Waals surface area contributed by atoms with Crippen molar-refractivity contribution in [3.63, 3.8) is 0 Å². The molecule has 2 rings (SSSR count). The summed E-state index contributed by atoms with van der Waals surface area (Å²) in [6, 6.07) is 7.69. The second-order valence-corrected chi connectivity index (χ2v) is 8.09. The topological polar surface area (TPSA) is 69.7 Å². The lowest BCUT2D eigenvalue weighted by molar-refractivity contribution is -0.115. The summed E-state index contributed by atoms with van der Waals surface area (Å²) in [5.74, 6) is 0.239. The third-order valence-corrected chi connectivity index (χ3v) is 6.18. The van der Waals surface area contributed by atoms with Crippen LogP contribution in [0.5, 0.6) is 0 Å². The highest BCUT2D eigenvalue weighted by Crippen LogP contribution is 2.20. The molecule has 0 unspecified atom stereocenters. The molecule has 1 N–H and O–H groups in total. The second kappa shape index (κ2) is 8.48. The van der Waals surface area contributed by atoms with Crippen LogP contribution >= 0.6 is 0 Å². The van der Waals surface area contributed by atoms with Gasteiger partial charge in [-0.3, -0.25) is 4.79 Å². The molecule has 0 aliphatic carbocycles. The first-order chi connectivity index (χ1) is 11.5. The number of hydrogen-bond acceptors (Lipinski definition) is 4. The highest BCUT2D eigenvalue weighted by atomic mass is 32.2. The van der Waals surface area contributed by atoms with Crippen molar-refractivity contribution in [2.45, 2.75) is 33.1 Å². The normalized spacial score (nSPS) is 16.2. The molecule has 6 nitrogen and oxygen atoms in total. The van der Waals surface area contributed by atoms with Gasteiger partial charge in [-0.2, -0.15) is 4.31 Å². The Hall–Kier alpha value is -1.60. The molecule has 0 saturated carbocycles. The van der Waals surface area contributed by atoms with Crippen LogP contribution in [0.1, 0.15) is 33.1 Å². The van der Waals surface area contributed by atoms with Gasteiger partial charge >= 0.3 is 0 Å². The van der Waals surface area contributed by atoms with Crippen molar-refractivity contribution in [2.24, 2.45) is 0 Å². The molecule has 1 saturated heterocycles. The van der Waals surface area contributed by atoms with Crippen LogP contribution in [0.3, 0.4) is 0 Å². The van der Waals surface area contributed by atoms with E-state index in [0.29, 0.717) is 39.0 Å². The SMILES string of the molecule is CCCCS(=O)(=O)N1CCN(c2ccc(NC(=O)CC)cc2)CC1. The van der Waals surface area contributed by atoms with Crippen LogP contribution in [0.2, 0.25) is 0 Å². The standard InChI is InChI=1S/C17H27N3O3S/c1-3-5-14-24(22,23)20-12-10-19(11-13-20)16-8-6-15(7-9-16)18-17(21)4-2/h6-9H,3-5,10-14H2,1-2H3,(H,18,21). The molecule has 1 aliphatic rings. The minimum atomic E-state index is -3.12. The fourth-order valence-corrected chi connectivity index (χ4v) is 4.32. The molecular weight excluding hydrogens is 326 g/mol. The second-order valence-electron chi connectivity index (χ2n) is 6.00. The van der Waals surface area contributed by atoms with Crippen molar-refractivity contribution in [3.8, 4) is 0 Å². The molecule has 1 heterocycles. The highest BCUT2D eigenvalue weighted by molar-refractivity contribution is 7.89. The number of nitrogens with zero attached hydrogens (tertiary/aromatic N) is 2. The van der Waals surface area contributed by atoms with Gasteiger partial charge < -0.3 is 10.2 Å². The smallest absolute Gasteiger partial charge is 0.224 e. The summed E-state index contributed by atoms with van der Waals surface area (Å²) in [5, 5.41) is 2.82. The molecule has 0 atom stereocenters. The Morgan fingerprint density at radius 1 is 1.08 bits per heavy atom. The first kappa shape index (κ1) is 18.7. The lowest BCUT2D eigenvalue weighted by atomic mass is 10.2. The molecule has 7 heteroatoms. The lowest BCUT2D eigenvalue weighted by Crippen LogP contribution is -2.49. The minimum absolute atomic E-state index is 0.00588. The van der Waals surface area contributed by atoms with Crippen LogP contribution in [0.4, 0.5) is 11.4 Å². The Labute approximate surface area is 144 Å². The maximum Gasteiger partial charge on any atom is 0.224 e. The van der Waals surface area contributed by atoms with Gasteiger partial charge in [-0.1, -0.05) is 20.3 Å². The van der Waals surface area contributed by atoms with Gasteiger partial charge in [-0.05, 0) is 30.7 Å². The van der Waals surface area contributed by atoms with Crippen molar-refractivity contribution in [2.75, 3.05) is 42.1 Å². The maximum atomic E-state index is 12.2. The van der Waals surface area contributed by atoms with Crippen LogP contribution in [0, 0.1) is 0 Å². The van der Waals surface area contributed by atoms with E-state index in [4.69, 9.17) is 0 Å². The molecule has 1 aliphatic heterocycles. The van der Waals surface area contributed by atoms with Crippen LogP contribution in [-0.4, -0.2) is 50.6 Å². The number of amides is 1. The Morgan fingerprint density at radius 3 is 2.25 bits per heavy atom. The fourth-order valence-electron chi connectivity index (χ4n) is 2.69. The van der Waals surface area contributed by atoms with Gasteiger partial charge in [-0.15, -0.1) is 0 Å². The Kier molecular flexibility index (Phi) is 6.62. The van der Waals surface area contributed by atoms with Crippen molar-refractivity contribution in [1.82, 2.24) is 4.31 Å². The van der Waals surface area contributed by atoms with E-state index in [2.05, 4.69) is 10.2 Å². The molecule has 1 aromatic carbocycles. The number of sulfonamides is 1. The molecular formula is C17H27N3O3S. The van der Waals surface area contributed by atoms with E-state index in [-0.39, 0.29) is 11.7 Å². The quantitative estimate of drug-likeness (QED) is 0.816. The van der Waals surface area contributed by atoms with Gasteiger partial charge in [-0.25, -0.2) is 8.42 Å². The molecule has 0 aromatic heterocycles. The average Bonchev–Trinajstić information content (AvgIpc) is 2.60. The monoisotopic (exact) mass is 353 g/mol. The molecule has 24 heavy (non-hydrogen) atoms. The number of piperazine rings is 1. The van der Waals surface area contributed by atoms with Gasteiger partial charge in [0.15, 0.2) is 0 Å². The minimum Gasteiger partial charge on any atom is -0.369 e. The number of hydrogen-bond donors (Lipinski definition) is 1. The first-order valence-electron chi connectivity index (χ1n) is 8.59. The largest absolute Gasteiger partial charge is 0.369 e. The van der Waals surface area contributed by atoms with E-state index in [9.17, 15) is 13.2 Å². The van der Waals surface area contributed by atoms with E-state index in [1.807, 2.05) is 38.1 Å². The number of anilines is 2. The van der Waals surface area contributed by atoms with E-state index in [0.717, 1.165) is 17.8 Å². The molecule has 1 aromatic rings. The molecule has 0 bridgehead atoms. The summed E-state index contributed by atoms with van der Waals surface area (Å²) < 4.78 is 26.1. The van der Waals surface area contributed by atoms with Crippen LogP contribution < -0.4 is 10.2 Å². The average molecular weight is 353 g/mol. The summed E-state index contributed by atoms with van der Waals surface area (Å²) in [6.45, 7) is 6.25. The van der Waals surface area contributed by atoms with Crippen molar-refractivity contribution < 1.29 is 13.2 Å². The zero-order valence-electron chi connectivity index (χ0n) is 14.5. The first-order valence-corrected chi connectivity index (χ1v) is 10.2. The fraction of sp³-hybridized carbons (Fsp3) is 0.588. The van der Waals surface area contributed by atoms with Crippen molar-refractivity contribution >= 4 is 27.3 Å². The molecule has 0 radical (unpaired) electrons. The predicted octanol–water partition coefficient (Wildman–Crippen LogP) is 2.29. The predicted molar refractivity (Wildman–Crippen MR) is 97.8 cm³/mol. The maximum absolute atomic E-state index is 12.2. The van der Waals surface area contributed by atoms with Crippen LogP contribution in [0.25, 0.3) is 0 Å². The Balaban J connectivity index is 1.91. The Bertz CT molecular complexity index is 636. The van der Waals surface area contributed by atoms with E-state index in [1.165, 1.54) is 0 Å². The van der Waals surface area contributed by atoms with Gasteiger partial charge in [0.25, 0.3) is 0 Å². The number of carbonyl (C=O) groups excluding carboxylic acids is 1. The summed E-state index contributed by atoms with van der Waals surface area (Å²) in [7, 11) is -3.12. The summed E-state index contributed by atoms with van der Waals surface area (Å²) in [5.41, 5.74) is 1.83. The molecule has 134 valence electrons. The number of rotatable bonds is 7. The Morgan fingerprint density at radius 2 is 1.71 bits per heavy atom. The van der Waals surface area contributed by atoms with Gasteiger partial charge in [0.05, 0.1) is 5.75 Å². The summed E-state index contributed by atoms with van der Waals surface area (Å²) in [4.78, 5) is 13.6. The van der Waals surface area contributed by atoms with Crippen molar-refractivity contribution in [3.05, 3.63) is 24.3 Å². The summed E-state index contributed by atoms with van der Waals surface area (Å²) in [6.07, 6.45) is 2.06. The zero-order valence-corrected chi connectivity index (χ0v) is 15.3. The third kappa shape index (κ3) is 4.95. The third-order valence-electron chi connectivity index (χ3n) is 4.23. The number of carbonyl (C=O) groups is 1. The van der Waals surface area contributed by atoms with E-state index < -0.39 is 10.0 Å². The number of nitrogens with one attached hydrogen (secondary N) is 1. The highest BCUT2D eigenvalue weighted by Gasteiger charge is 2.26. The zero-order chi connectivity index (χ0) is 17.6. The summed E-state index contributed by atoms with van der Waals surface area (Å²) >= 11 is 0. The number of unbranched alkanes of at least 4 members (excludes halogenated alkanes) is 1. The molecule has 1 amide bonds.